The van der Waals surface area contributed by atoms with Crippen LogP contribution in [0.3, 0.4) is 0 Å². The van der Waals surface area contributed by atoms with E-state index in [4.69, 9.17) is 4.74 Å². The molecule has 0 spiro atoms. The first-order valence-corrected chi connectivity index (χ1v) is 6.64. The van der Waals surface area contributed by atoms with Crippen molar-refractivity contribution in [1.29, 1.82) is 0 Å². The van der Waals surface area contributed by atoms with Crippen molar-refractivity contribution in [2.75, 3.05) is 7.11 Å². The van der Waals surface area contributed by atoms with Gasteiger partial charge in [-0.25, -0.2) is 4.39 Å². The molecule has 3 rings (SSSR count). The highest BCUT2D eigenvalue weighted by molar-refractivity contribution is 6.05. The summed E-state index contributed by atoms with van der Waals surface area (Å²) in [5.41, 5.74) is 1.35. The van der Waals surface area contributed by atoms with Gasteiger partial charge in [0.2, 0.25) is 0 Å². The van der Waals surface area contributed by atoms with Gasteiger partial charge < -0.3 is 9.72 Å². The van der Waals surface area contributed by atoms with Crippen LogP contribution in [0.1, 0.15) is 10.4 Å². The van der Waals surface area contributed by atoms with Crippen molar-refractivity contribution in [3.63, 3.8) is 0 Å². The van der Waals surface area contributed by atoms with Crippen LogP contribution in [0.25, 0.3) is 22.2 Å². The molecule has 0 saturated heterocycles. The Morgan fingerprint density at radius 1 is 1.26 bits per heavy atom. The van der Waals surface area contributed by atoms with Gasteiger partial charge >= 0.3 is 0 Å². The number of aldehydes is 1. The van der Waals surface area contributed by atoms with Crippen LogP contribution in [0, 0.1) is 15.9 Å². The maximum Gasteiger partial charge on any atom is 0.270 e. The van der Waals surface area contributed by atoms with E-state index in [1.807, 2.05) is 0 Å². The van der Waals surface area contributed by atoms with Crippen LogP contribution in [0.2, 0.25) is 0 Å². The van der Waals surface area contributed by atoms with Gasteiger partial charge in [-0.2, -0.15) is 0 Å². The van der Waals surface area contributed by atoms with Crippen LogP contribution in [-0.4, -0.2) is 23.3 Å². The smallest absolute Gasteiger partial charge is 0.270 e. The van der Waals surface area contributed by atoms with E-state index >= 15 is 0 Å². The Hall–Kier alpha value is -3.22. The third-order valence-corrected chi connectivity index (χ3v) is 3.58. The summed E-state index contributed by atoms with van der Waals surface area (Å²) in [6, 6.07) is 8.09. The first-order valence-electron chi connectivity index (χ1n) is 6.64. The molecule has 23 heavy (non-hydrogen) atoms. The van der Waals surface area contributed by atoms with E-state index in [0.29, 0.717) is 34.2 Å². The maximum atomic E-state index is 13.6. The van der Waals surface area contributed by atoms with Crippen LogP contribution in [0.15, 0.2) is 36.4 Å². The molecule has 2 aromatic carbocycles. The predicted octanol–water partition coefficient (Wildman–Crippen LogP) is 3.70. The normalized spacial score (nSPS) is 10.7. The van der Waals surface area contributed by atoms with Gasteiger partial charge in [0.15, 0.2) is 6.29 Å². The molecule has 0 radical (unpaired) electrons. The number of aromatic nitrogens is 1. The van der Waals surface area contributed by atoms with E-state index in [1.165, 1.54) is 43.5 Å². The number of benzene rings is 2. The fourth-order valence-electron chi connectivity index (χ4n) is 2.52. The number of fused-ring (bicyclic) bond motifs is 1. The Labute approximate surface area is 129 Å². The number of carbonyl (C=O) groups is 1. The van der Waals surface area contributed by atoms with E-state index < -0.39 is 10.7 Å². The maximum absolute atomic E-state index is 13.6. The summed E-state index contributed by atoms with van der Waals surface area (Å²) < 4.78 is 18.8. The quantitative estimate of drug-likeness (QED) is 0.452. The molecule has 7 heteroatoms. The number of nitrogens with zero attached hydrogens (tertiary/aromatic N) is 1. The van der Waals surface area contributed by atoms with E-state index in [1.54, 1.807) is 0 Å². The van der Waals surface area contributed by atoms with Gasteiger partial charge in [-0.3, -0.25) is 14.9 Å². The minimum atomic E-state index is -0.538. The standard InChI is InChI=1S/C16H11FN2O4/c1-23-15-5-2-9(17)6-12(15)16-13(8-20)11-7-10(19(21)22)3-4-14(11)18-16/h2-8,18H,1H3. The summed E-state index contributed by atoms with van der Waals surface area (Å²) in [5, 5.41) is 11.3. The number of H-pyrrole nitrogens is 1. The number of ether oxygens (including phenoxy) is 1. The summed E-state index contributed by atoms with van der Waals surface area (Å²) in [4.78, 5) is 24.9. The summed E-state index contributed by atoms with van der Waals surface area (Å²) in [6.45, 7) is 0. The summed E-state index contributed by atoms with van der Waals surface area (Å²) in [7, 11) is 1.44. The van der Waals surface area contributed by atoms with Crippen molar-refractivity contribution >= 4 is 22.9 Å². The number of hydrogen-bond acceptors (Lipinski definition) is 4. The van der Waals surface area contributed by atoms with Crippen molar-refractivity contribution in [2.24, 2.45) is 0 Å². The first-order chi connectivity index (χ1) is 11.0. The first kappa shape index (κ1) is 14.7. The molecule has 0 atom stereocenters. The van der Waals surface area contributed by atoms with Gasteiger partial charge in [-0.05, 0) is 24.3 Å². The van der Waals surface area contributed by atoms with Crippen LogP contribution in [0.4, 0.5) is 10.1 Å². The minimum Gasteiger partial charge on any atom is -0.496 e. The molecule has 0 amide bonds. The number of nitro groups is 1. The molecule has 0 unspecified atom stereocenters. The Kier molecular flexibility index (Phi) is 3.53. The van der Waals surface area contributed by atoms with Gasteiger partial charge in [0.1, 0.15) is 11.6 Å². The number of rotatable bonds is 4. The van der Waals surface area contributed by atoms with Crippen molar-refractivity contribution < 1.29 is 18.8 Å². The van der Waals surface area contributed by atoms with Crippen LogP contribution in [-0.2, 0) is 0 Å². The van der Waals surface area contributed by atoms with E-state index in [2.05, 4.69) is 4.98 Å². The number of aromatic amines is 1. The Morgan fingerprint density at radius 2 is 2.04 bits per heavy atom. The molecular weight excluding hydrogens is 303 g/mol. The third-order valence-electron chi connectivity index (χ3n) is 3.58. The number of halogens is 1. The molecule has 0 aliphatic carbocycles. The molecule has 0 saturated carbocycles. The van der Waals surface area contributed by atoms with Crippen LogP contribution < -0.4 is 4.74 Å². The van der Waals surface area contributed by atoms with Crippen molar-refractivity contribution in [2.45, 2.75) is 0 Å². The molecule has 1 aromatic heterocycles. The van der Waals surface area contributed by atoms with E-state index in [-0.39, 0.29) is 11.3 Å². The largest absolute Gasteiger partial charge is 0.496 e. The zero-order chi connectivity index (χ0) is 16.6. The highest BCUT2D eigenvalue weighted by atomic mass is 19.1. The second-order valence-corrected chi connectivity index (χ2v) is 4.86. The topological polar surface area (TPSA) is 85.2 Å². The second kappa shape index (κ2) is 5.53. The van der Waals surface area contributed by atoms with Gasteiger partial charge in [-0.15, -0.1) is 0 Å². The monoisotopic (exact) mass is 314 g/mol. The fourth-order valence-corrected chi connectivity index (χ4v) is 2.52. The molecule has 3 aromatic rings. The van der Waals surface area contributed by atoms with Gasteiger partial charge in [0.25, 0.3) is 5.69 Å². The summed E-state index contributed by atoms with van der Waals surface area (Å²) in [6.07, 6.45) is 0.586. The number of carbonyl (C=O) groups excluding carboxylic acids is 1. The van der Waals surface area contributed by atoms with E-state index in [0.717, 1.165) is 0 Å². The Balaban J connectivity index is 2.32. The second-order valence-electron chi connectivity index (χ2n) is 4.86. The molecule has 0 fully saturated rings. The number of nitro benzene ring substituents is 1. The molecule has 1 N–H and O–H groups in total. The lowest BCUT2D eigenvalue weighted by atomic mass is 10.0. The molecular formula is C16H11FN2O4. The summed E-state index contributed by atoms with van der Waals surface area (Å²) >= 11 is 0. The molecule has 116 valence electrons. The fraction of sp³-hybridized carbons (Fsp3) is 0.0625. The Morgan fingerprint density at radius 3 is 2.70 bits per heavy atom. The average molecular weight is 314 g/mol. The number of hydrogen-bond donors (Lipinski definition) is 1. The molecule has 6 nitrogen and oxygen atoms in total. The predicted molar refractivity (Wildman–Crippen MR) is 82.3 cm³/mol. The lowest BCUT2D eigenvalue weighted by Gasteiger charge is -2.07. The van der Waals surface area contributed by atoms with Crippen molar-refractivity contribution in [3.8, 4) is 17.0 Å². The lowest BCUT2D eigenvalue weighted by Crippen LogP contribution is -1.92. The lowest BCUT2D eigenvalue weighted by molar-refractivity contribution is -0.384. The van der Waals surface area contributed by atoms with Crippen LogP contribution in [0.5, 0.6) is 5.75 Å². The zero-order valence-electron chi connectivity index (χ0n) is 12.0. The third kappa shape index (κ3) is 2.42. The summed E-state index contributed by atoms with van der Waals surface area (Å²) in [5.74, 6) is -0.0992. The number of nitrogens with one attached hydrogen (secondary N) is 1. The highest BCUT2D eigenvalue weighted by Gasteiger charge is 2.19. The average Bonchev–Trinajstić information content (AvgIpc) is 2.92. The van der Waals surface area contributed by atoms with Crippen molar-refractivity contribution in [1.82, 2.24) is 4.98 Å². The van der Waals surface area contributed by atoms with Crippen LogP contribution >= 0.6 is 0 Å². The molecule has 1 heterocycles. The molecule has 0 aliphatic rings. The minimum absolute atomic E-state index is 0.127. The van der Waals surface area contributed by atoms with Gasteiger partial charge in [-0.1, -0.05) is 0 Å². The Bertz CT molecular complexity index is 933. The SMILES string of the molecule is COc1ccc(F)cc1-c1[nH]c2ccc([N+](=O)[O-])cc2c1C=O. The number of non-ortho nitro benzene ring substituents is 1. The van der Waals surface area contributed by atoms with Gasteiger partial charge in [0, 0.05) is 34.2 Å². The van der Waals surface area contributed by atoms with E-state index in [9.17, 15) is 19.3 Å². The molecule has 0 aliphatic heterocycles. The zero-order valence-corrected chi connectivity index (χ0v) is 12.0. The van der Waals surface area contributed by atoms with Crippen molar-refractivity contribution in [3.05, 3.63) is 57.9 Å². The molecule has 0 bridgehead atoms. The van der Waals surface area contributed by atoms with Gasteiger partial charge in [0.05, 0.1) is 17.7 Å². The number of methoxy groups -OCH3 is 1. The highest BCUT2D eigenvalue weighted by Crippen LogP contribution is 2.36.